The molecular weight excluding hydrogens is 276 g/mol. The van der Waals surface area contributed by atoms with Crippen molar-refractivity contribution in [2.45, 2.75) is 58.3 Å². The van der Waals surface area contributed by atoms with E-state index in [0.717, 1.165) is 12.8 Å². The Morgan fingerprint density at radius 3 is 2.55 bits per heavy atom. The number of carboxylic acids is 1. The number of allylic oxidation sites excluding steroid dienone is 3. The van der Waals surface area contributed by atoms with E-state index in [-0.39, 0.29) is 6.42 Å². The summed E-state index contributed by atoms with van der Waals surface area (Å²) in [7, 11) is 0. The summed E-state index contributed by atoms with van der Waals surface area (Å²) < 4.78 is 5.41. The van der Waals surface area contributed by atoms with Crippen LogP contribution in [-0.4, -0.2) is 24.3 Å². The fourth-order valence-corrected chi connectivity index (χ4v) is 1.72. The molecule has 0 aliphatic heterocycles. The van der Waals surface area contributed by atoms with E-state index >= 15 is 0 Å². The van der Waals surface area contributed by atoms with E-state index in [9.17, 15) is 4.79 Å². The van der Waals surface area contributed by atoms with Gasteiger partial charge in [-0.1, -0.05) is 44.1 Å². The van der Waals surface area contributed by atoms with E-state index < -0.39 is 5.97 Å². The molecule has 0 saturated carbocycles. The van der Waals surface area contributed by atoms with Crippen LogP contribution in [0.5, 0.6) is 0 Å². The molecule has 0 fully saturated rings. The zero-order valence-corrected chi connectivity index (χ0v) is 13.8. The van der Waals surface area contributed by atoms with Crippen LogP contribution in [0.15, 0.2) is 42.2 Å². The number of aliphatic carboxylic acids is 1. The van der Waals surface area contributed by atoms with Gasteiger partial charge in [-0.25, -0.2) is 0 Å². The molecule has 0 heterocycles. The predicted octanol–water partition coefficient (Wildman–Crippen LogP) is 5.05. The Labute approximate surface area is 135 Å². The van der Waals surface area contributed by atoms with E-state index in [2.05, 4.69) is 37.0 Å². The highest BCUT2D eigenvalue weighted by atomic mass is 16.5. The molecule has 0 saturated heterocycles. The molecule has 3 nitrogen and oxygen atoms in total. The molecule has 0 aliphatic rings. The number of ether oxygens (including phenoxy) is 1. The molecular formula is C19H30O3. The average Bonchev–Trinajstić information content (AvgIpc) is 2.50. The van der Waals surface area contributed by atoms with E-state index in [1.165, 1.54) is 25.7 Å². The quantitative estimate of drug-likeness (QED) is 0.277. The predicted molar refractivity (Wildman–Crippen MR) is 92.0 cm³/mol. The normalized spacial score (nSPS) is 11.0. The van der Waals surface area contributed by atoms with Crippen LogP contribution in [0.2, 0.25) is 0 Å². The third kappa shape index (κ3) is 18.4. The Morgan fingerprint density at radius 1 is 1.05 bits per heavy atom. The minimum Gasteiger partial charge on any atom is -0.481 e. The van der Waals surface area contributed by atoms with Gasteiger partial charge in [0.1, 0.15) is 0 Å². The maximum absolute atomic E-state index is 10.3. The van der Waals surface area contributed by atoms with Gasteiger partial charge in [-0.05, 0) is 44.3 Å². The SMILES string of the molecule is CCCCC/C=C\C/C=C\CCOCC=C=CCCC(=O)O. The summed E-state index contributed by atoms with van der Waals surface area (Å²) in [5.41, 5.74) is 2.91. The highest BCUT2D eigenvalue weighted by molar-refractivity contribution is 5.66. The second-order valence-electron chi connectivity index (χ2n) is 5.05. The van der Waals surface area contributed by atoms with Gasteiger partial charge in [0.15, 0.2) is 0 Å². The van der Waals surface area contributed by atoms with Crippen molar-refractivity contribution in [3.63, 3.8) is 0 Å². The monoisotopic (exact) mass is 306 g/mol. The first kappa shape index (κ1) is 20.4. The molecule has 22 heavy (non-hydrogen) atoms. The van der Waals surface area contributed by atoms with Crippen molar-refractivity contribution in [3.05, 3.63) is 42.2 Å². The molecule has 0 aromatic heterocycles. The van der Waals surface area contributed by atoms with Gasteiger partial charge in [-0.3, -0.25) is 4.79 Å². The lowest BCUT2D eigenvalue weighted by Gasteiger charge is -1.95. The van der Waals surface area contributed by atoms with Gasteiger partial charge in [-0.15, -0.1) is 5.73 Å². The van der Waals surface area contributed by atoms with Crippen molar-refractivity contribution >= 4 is 5.97 Å². The van der Waals surface area contributed by atoms with Crippen LogP contribution in [0.25, 0.3) is 0 Å². The Balaban J connectivity index is 3.36. The molecule has 0 rings (SSSR count). The second kappa shape index (κ2) is 17.5. The fourth-order valence-electron chi connectivity index (χ4n) is 1.72. The van der Waals surface area contributed by atoms with E-state index in [1.54, 1.807) is 12.2 Å². The van der Waals surface area contributed by atoms with Crippen LogP contribution >= 0.6 is 0 Å². The topological polar surface area (TPSA) is 46.5 Å². The first-order valence-corrected chi connectivity index (χ1v) is 8.26. The van der Waals surface area contributed by atoms with Gasteiger partial charge in [0.25, 0.3) is 0 Å². The van der Waals surface area contributed by atoms with Gasteiger partial charge >= 0.3 is 5.97 Å². The van der Waals surface area contributed by atoms with Crippen LogP contribution in [0.4, 0.5) is 0 Å². The lowest BCUT2D eigenvalue weighted by Crippen LogP contribution is -1.92. The van der Waals surface area contributed by atoms with Crippen molar-refractivity contribution in [1.29, 1.82) is 0 Å². The van der Waals surface area contributed by atoms with Crippen molar-refractivity contribution < 1.29 is 14.6 Å². The largest absolute Gasteiger partial charge is 0.481 e. The number of hydrogen-bond acceptors (Lipinski definition) is 2. The Morgan fingerprint density at radius 2 is 1.82 bits per heavy atom. The van der Waals surface area contributed by atoms with E-state index in [4.69, 9.17) is 9.84 Å². The summed E-state index contributed by atoms with van der Waals surface area (Å²) in [5, 5.41) is 8.45. The number of carbonyl (C=O) groups is 1. The first-order chi connectivity index (χ1) is 10.8. The summed E-state index contributed by atoms with van der Waals surface area (Å²) in [6, 6.07) is 0. The third-order valence-electron chi connectivity index (χ3n) is 2.95. The zero-order valence-electron chi connectivity index (χ0n) is 13.8. The Bertz CT molecular complexity index is 374. The van der Waals surface area contributed by atoms with Crippen molar-refractivity contribution in [2.24, 2.45) is 0 Å². The average molecular weight is 306 g/mol. The molecule has 0 spiro atoms. The first-order valence-electron chi connectivity index (χ1n) is 8.26. The Hall–Kier alpha value is -1.57. The molecule has 0 bridgehead atoms. The highest BCUT2D eigenvalue weighted by Gasteiger charge is 1.90. The zero-order chi connectivity index (χ0) is 16.3. The van der Waals surface area contributed by atoms with E-state index in [1.807, 2.05) is 0 Å². The van der Waals surface area contributed by atoms with Crippen LogP contribution < -0.4 is 0 Å². The van der Waals surface area contributed by atoms with E-state index in [0.29, 0.717) is 19.6 Å². The summed E-state index contributed by atoms with van der Waals surface area (Å²) in [4.78, 5) is 10.3. The molecule has 0 amide bonds. The van der Waals surface area contributed by atoms with Gasteiger partial charge < -0.3 is 9.84 Å². The Kier molecular flexibility index (Phi) is 16.2. The molecule has 0 aromatic carbocycles. The molecule has 3 heteroatoms. The maximum atomic E-state index is 10.3. The number of rotatable bonds is 14. The van der Waals surface area contributed by atoms with Crippen LogP contribution in [0.3, 0.4) is 0 Å². The highest BCUT2D eigenvalue weighted by Crippen LogP contribution is 2.00. The van der Waals surface area contributed by atoms with Gasteiger partial charge in [0, 0.05) is 6.42 Å². The third-order valence-corrected chi connectivity index (χ3v) is 2.95. The molecule has 0 aliphatic carbocycles. The minimum absolute atomic E-state index is 0.152. The molecule has 1 N–H and O–H groups in total. The van der Waals surface area contributed by atoms with Crippen molar-refractivity contribution in [3.8, 4) is 0 Å². The van der Waals surface area contributed by atoms with Crippen molar-refractivity contribution in [1.82, 2.24) is 0 Å². The van der Waals surface area contributed by atoms with Gasteiger partial charge in [0.2, 0.25) is 0 Å². The molecule has 0 atom stereocenters. The molecule has 0 aromatic rings. The standard InChI is InChI=1S/C19H30O3/c1-2-3-4-5-6-7-8-9-11-14-17-22-18-15-12-10-13-16-19(20)21/h6-7,9-11,15H,2-5,8,13-14,16-18H2,1H3,(H,20,21)/b7-6-,11-9-. The molecule has 0 unspecified atom stereocenters. The van der Waals surface area contributed by atoms with Crippen LogP contribution in [0.1, 0.15) is 58.3 Å². The maximum Gasteiger partial charge on any atom is 0.303 e. The van der Waals surface area contributed by atoms with Crippen LogP contribution in [0, 0.1) is 0 Å². The molecule has 0 radical (unpaired) electrons. The summed E-state index contributed by atoms with van der Waals surface area (Å²) >= 11 is 0. The van der Waals surface area contributed by atoms with Gasteiger partial charge in [0.05, 0.1) is 13.2 Å². The summed E-state index contributed by atoms with van der Waals surface area (Å²) in [5.74, 6) is -0.781. The molecule has 124 valence electrons. The summed E-state index contributed by atoms with van der Waals surface area (Å²) in [6.07, 6.45) is 20.0. The smallest absolute Gasteiger partial charge is 0.303 e. The second-order valence-corrected chi connectivity index (χ2v) is 5.05. The van der Waals surface area contributed by atoms with Crippen LogP contribution in [-0.2, 0) is 9.53 Å². The number of carboxylic acid groups (broad SMARTS) is 1. The number of hydrogen-bond donors (Lipinski definition) is 1. The summed E-state index contributed by atoms with van der Waals surface area (Å²) in [6.45, 7) is 3.44. The number of unbranched alkanes of at least 4 members (excludes halogenated alkanes) is 3. The minimum atomic E-state index is -0.781. The van der Waals surface area contributed by atoms with Gasteiger partial charge in [-0.2, -0.15) is 0 Å². The lowest BCUT2D eigenvalue weighted by atomic mass is 10.2. The fraction of sp³-hybridized carbons (Fsp3) is 0.579. The van der Waals surface area contributed by atoms with Crippen molar-refractivity contribution in [2.75, 3.05) is 13.2 Å². The lowest BCUT2D eigenvalue weighted by molar-refractivity contribution is -0.136.